The van der Waals surface area contributed by atoms with Gasteiger partial charge in [0.15, 0.2) is 0 Å². The number of aryl methyl sites for hydroxylation is 1. The number of fused-ring (bicyclic) bond motifs is 1. The van der Waals surface area contributed by atoms with Crippen molar-refractivity contribution in [3.05, 3.63) is 106 Å². The van der Waals surface area contributed by atoms with E-state index in [2.05, 4.69) is 10.2 Å². The molecule has 4 atom stereocenters. The lowest BCUT2D eigenvalue weighted by Gasteiger charge is -2.49. The van der Waals surface area contributed by atoms with Gasteiger partial charge in [-0.05, 0) is 59.7 Å². The number of nitrogens with one attached hydrogen (secondary N) is 2. The minimum atomic E-state index is -3.57. The number of carbonyl (C=O) groups excluding carboxylic acids is 3. The van der Waals surface area contributed by atoms with Crippen LogP contribution in [-0.4, -0.2) is 56.6 Å². The summed E-state index contributed by atoms with van der Waals surface area (Å²) in [7, 11) is -2.21. The van der Waals surface area contributed by atoms with Crippen LogP contribution in [0.1, 0.15) is 76.7 Å². The molecule has 5 rings (SSSR count). The van der Waals surface area contributed by atoms with Crippen LogP contribution in [0.25, 0.3) is 0 Å². The van der Waals surface area contributed by atoms with Crippen molar-refractivity contribution in [1.29, 1.82) is 0 Å². The molecule has 1 fully saturated rings. The topological polar surface area (TPSA) is 131 Å². The van der Waals surface area contributed by atoms with Crippen molar-refractivity contribution >= 4 is 39.4 Å². The Hall–Kier alpha value is -3.77. The molecule has 3 aromatic carbocycles. The molecular weight excluding hydrogens is 630 g/mol. The molecule has 0 radical (unpaired) electrons. The summed E-state index contributed by atoms with van der Waals surface area (Å²) in [5.41, 5.74) is 6.05. The first-order valence-corrected chi connectivity index (χ1v) is 17.5. The van der Waals surface area contributed by atoms with Gasteiger partial charge in [-0.1, -0.05) is 79.0 Å². The minimum absolute atomic E-state index is 0.0919. The number of hydrogen-bond acceptors (Lipinski definition) is 7. The molecule has 2 amide bonds. The first-order chi connectivity index (χ1) is 22.1. The molecule has 2 N–H and O–H groups in total. The molecule has 244 valence electrons. The average molecular weight is 668 g/mol. The van der Waals surface area contributed by atoms with Crippen LogP contribution in [0.2, 0.25) is 5.02 Å². The first kappa shape index (κ1) is 33.6. The highest BCUT2D eigenvalue weighted by Crippen LogP contribution is 2.46. The number of ether oxygens (including phenoxy) is 1. The lowest BCUT2D eigenvalue weighted by Crippen LogP contribution is -2.59. The Bertz CT molecular complexity index is 1660. The molecule has 0 bridgehead atoms. The van der Waals surface area contributed by atoms with Crippen molar-refractivity contribution in [2.24, 2.45) is 0 Å². The molecule has 1 aliphatic heterocycles. The van der Waals surface area contributed by atoms with Gasteiger partial charge in [-0.2, -0.15) is 0 Å². The third-order valence-electron chi connectivity index (χ3n) is 8.60. The SMILES string of the molecule is COC(=O)CCc1ccc(CONC(=O)[C@@H]2c3ccccc3C(=O)N(C3CCCC[C@@H]3NS(C)(=O)=O)[C@H]2c2ccc(Cl)cc2)cc1. The van der Waals surface area contributed by atoms with Crippen LogP contribution in [-0.2, 0) is 42.2 Å². The number of rotatable bonds is 11. The normalized spacial score (nSPS) is 21.4. The van der Waals surface area contributed by atoms with Crippen molar-refractivity contribution in [2.75, 3.05) is 13.4 Å². The molecule has 12 heteroatoms. The van der Waals surface area contributed by atoms with Crippen LogP contribution in [0.15, 0.2) is 72.8 Å². The standard InChI is InChI=1S/C34H38ClN3O7S/c1-44-30(39)20-15-22-11-13-23(14-12-22)21-45-36-33(40)31-26-7-3-4-8-27(26)34(41)38(32(31)24-16-18-25(35)19-17-24)29-10-6-5-9-28(29)37-46(2,42)43/h3-4,7-8,11-14,16-19,28-29,31-32,37H,5-6,9-10,15,20-21H2,1-2H3,(H,36,40)/t28-,29?,31+,32-/m0/s1. The second kappa shape index (κ2) is 14.8. The van der Waals surface area contributed by atoms with Gasteiger partial charge in [-0.25, -0.2) is 18.6 Å². The Morgan fingerprint density at radius 3 is 2.33 bits per heavy atom. The van der Waals surface area contributed by atoms with Gasteiger partial charge >= 0.3 is 5.97 Å². The largest absolute Gasteiger partial charge is 0.469 e. The Morgan fingerprint density at radius 2 is 1.63 bits per heavy atom. The Morgan fingerprint density at radius 1 is 0.957 bits per heavy atom. The Balaban J connectivity index is 1.44. The highest BCUT2D eigenvalue weighted by atomic mass is 35.5. The maximum absolute atomic E-state index is 14.3. The minimum Gasteiger partial charge on any atom is -0.469 e. The van der Waals surface area contributed by atoms with E-state index in [-0.39, 0.29) is 24.9 Å². The Labute approximate surface area is 274 Å². The average Bonchev–Trinajstić information content (AvgIpc) is 3.04. The molecule has 46 heavy (non-hydrogen) atoms. The number of carbonyl (C=O) groups is 3. The van der Waals surface area contributed by atoms with Crippen molar-refractivity contribution in [3.8, 4) is 0 Å². The number of nitrogens with zero attached hydrogens (tertiary/aromatic N) is 1. The highest BCUT2D eigenvalue weighted by molar-refractivity contribution is 7.88. The van der Waals surface area contributed by atoms with Crippen LogP contribution in [0, 0.1) is 0 Å². The van der Waals surface area contributed by atoms with Gasteiger partial charge in [-0.15, -0.1) is 0 Å². The fourth-order valence-corrected chi connectivity index (χ4v) is 7.43. The molecule has 1 aliphatic carbocycles. The number of hydroxylamine groups is 1. The summed E-state index contributed by atoms with van der Waals surface area (Å²) in [4.78, 5) is 47.3. The maximum Gasteiger partial charge on any atom is 0.305 e. The molecule has 0 saturated heterocycles. The molecule has 0 aromatic heterocycles. The quantitative estimate of drug-likeness (QED) is 0.221. The van der Waals surface area contributed by atoms with Crippen LogP contribution in [0.3, 0.4) is 0 Å². The fourth-order valence-electron chi connectivity index (χ4n) is 6.47. The van der Waals surface area contributed by atoms with E-state index in [0.29, 0.717) is 41.0 Å². The third-order valence-corrected chi connectivity index (χ3v) is 9.59. The molecule has 2 aliphatic rings. The summed E-state index contributed by atoms with van der Waals surface area (Å²) in [6.45, 7) is 0.0919. The van der Waals surface area contributed by atoms with E-state index in [1.807, 2.05) is 24.3 Å². The van der Waals surface area contributed by atoms with Gasteiger partial charge in [-0.3, -0.25) is 19.2 Å². The van der Waals surface area contributed by atoms with E-state index in [0.717, 1.165) is 30.2 Å². The zero-order chi connectivity index (χ0) is 32.8. The summed E-state index contributed by atoms with van der Waals surface area (Å²) in [5.74, 6) is -1.85. The lowest BCUT2D eigenvalue weighted by atomic mass is 9.76. The molecule has 1 saturated carbocycles. The molecular formula is C34H38ClN3O7S. The van der Waals surface area contributed by atoms with Crippen molar-refractivity contribution < 1.29 is 32.4 Å². The number of hydrogen-bond donors (Lipinski definition) is 2. The van der Waals surface area contributed by atoms with Gasteiger partial charge < -0.3 is 9.64 Å². The fraction of sp³-hybridized carbons (Fsp3) is 0.382. The molecule has 3 aromatic rings. The van der Waals surface area contributed by atoms with Crippen LogP contribution in [0.5, 0.6) is 0 Å². The number of benzene rings is 3. The lowest BCUT2D eigenvalue weighted by molar-refractivity contribution is -0.140. The predicted octanol–water partition coefficient (Wildman–Crippen LogP) is 4.83. The Kier molecular flexibility index (Phi) is 10.8. The number of amides is 2. The smallest absolute Gasteiger partial charge is 0.305 e. The molecule has 0 spiro atoms. The second-order valence-electron chi connectivity index (χ2n) is 11.8. The van der Waals surface area contributed by atoms with Crippen LogP contribution in [0.4, 0.5) is 0 Å². The van der Waals surface area contributed by atoms with Crippen LogP contribution < -0.4 is 10.2 Å². The summed E-state index contributed by atoms with van der Waals surface area (Å²) >= 11 is 6.24. The molecule has 1 unspecified atom stereocenters. The number of halogens is 1. The van der Waals surface area contributed by atoms with E-state index < -0.39 is 40.0 Å². The maximum atomic E-state index is 14.3. The van der Waals surface area contributed by atoms with E-state index in [9.17, 15) is 22.8 Å². The van der Waals surface area contributed by atoms with Gasteiger partial charge in [0.2, 0.25) is 10.0 Å². The second-order valence-corrected chi connectivity index (χ2v) is 14.0. The number of methoxy groups -OCH3 is 1. The summed E-state index contributed by atoms with van der Waals surface area (Å²) in [6.07, 6.45) is 4.72. The van der Waals surface area contributed by atoms with Crippen molar-refractivity contribution in [3.63, 3.8) is 0 Å². The highest BCUT2D eigenvalue weighted by Gasteiger charge is 2.49. The van der Waals surface area contributed by atoms with E-state index in [4.69, 9.17) is 21.2 Å². The van der Waals surface area contributed by atoms with E-state index in [1.165, 1.54) is 7.11 Å². The predicted molar refractivity (Wildman–Crippen MR) is 173 cm³/mol. The van der Waals surface area contributed by atoms with Gasteiger partial charge in [0.25, 0.3) is 11.8 Å². The zero-order valence-corrected chi connectivity index (χ0v) is 27.4. The monoisotopic (exact) mass is 667 g/mol. The van der Waals surface area contributed by atoms with Crippen molar-refractivity contribution in [1.82, 2.24) is 15.1 Å². The zero-order valence-electron chi connectivity index (χ0n) is 25.8. The summed E-state index contributed by atoms with van der Waals surface area (Å²) in [5, 5.41) is 0.507. The summed E-state index contributed by atoms with van der Waals surface area (Å²) in [6, 6.07) is 19.8. The van der Waals surface area contributed by atoms with Gasteiger partial charge in [0, 0.05) is 29.1 Å². The van der Waals surface area contributed by atoms with Gasteiger partial charge in [0.1, 0.15) is 0 Å². The van der Waals surface area contributed by atoms with Crippen LogP contribution >= 0.6 is 11.6 Å². The van der Waals surface area contributed by atoms with E-state index in [1.54, 1.807) is 53.4 Å². The van der Waals surface area contributed by atoms with Crippen molar-refractivity contribution in [2.45, 2.75) is 69.2 Å². The molecule has 10 nitrogen and oxygen atoms in total. The van der Waals surface area contributed by atoms with E-state index >= 15 is 0 Å². The van der Waals surface area contributed by atoms with Gasteiger partial charge in [0.05, 0.1) is 31.9 Å². The first-order valence-electron chi connectivity index (χ1n) is 15.3. The summed E-state index contributed by atoms with van der Waals surface area (Å²) < 4.78 is 32.2. The molecule has 1 heterocycles. The number of sulfonamides is 1. The third kappa shape index (κ3) is 7.95. The number of esters is 1.